The Hall–Kier alpha value is -1.56. The molecule has 2 aromatic rings. The lowest BCUT2D eigenvalue weighted by atomic mass is 10.1. The van der Waals surface area contributed by atoms with Gasteiger partial charge in [0.2, 0.25) is 0 Å². The number of amides is 2. The monoisotopic (exact) mass is 617 g/mol. The van der Waals surface area contributed by atoms with Crippen molar-refractivity contribution in [1.82, 2.24) is 4.90 Å². The van der Waals surface area contributed by atoms with Crippen LogP contribution in [0.1, 0.15) is 18.1 Å². The molecule has 0 N–H and O–H groups in total. The highest BCUT2D eigenvalue weighted by atomic mass is 127. The van der Waals surface area contributed by atoms with Crippen LogP contribution in [0.4, 0.5) is 4.79 Å². The van der Waals surface area contributed by atoms with Crippen LogP contribution in [-0.2, 0) is 16.1 Å². The first-order chi connectivity index (χ1) is 14.9. The minimum absolute atomic E-state index is 0.234. The predicted octanol–water partition coefficient (Wildman–Crippen LogP) is 5.71. The second-order valence-electron chi connectivity index (χ2n) is 6.50. The van der Waals surface area contributed by atoms with E-state index in [2.05, 4.69) is 38.5 Å². The highest BCUT2D eigenvalue weighted by Crippen LogP contribution is 2.39. The summed E-state index contributed by atoms with van der Waals surface area (Å²) in [6, 6.07) is 11.7. The molecule has 0 radical (unpaired) electrons. The first kappa shape index (κ1) is 24.1. The summed E-state index contributed by atoms with van der Waals surface area (Å²) in [6.45, 7) is 3.29. The van der Waals surface area contributed by atoms with Crippen molar-refractivity contribution >= 4 is 67.5 Å². The highest BCUT2D eigenvalue weighted by molar-refractivity contribution is 14.1. The first-order valence-electron chi connectivity index (χ1n) is 9.50. The third-order valence-corrected chi connectivity index (χ3v) is 6.53. The van der Waals surface area contributed by atoms with Crippen molar-refractivity contribution in [2.45, 2.75) is 13.5 Å². The van der Waals surface area contributed by atoms with Crippen LogP contribution >= 0.6 is 50.3 Å². The molecule has 0 atom stereocenters. The molecule has 0 aromatic heterocycles. The van der Waals surface area contributed by atoms with Gasteiger partial charge in [-0.15, -0.1) is 0 Å². The Morgan fingerprint density at radius 3 is 2.58 bits per heavy atom. The summed E-state index contributed by atoms with van der Waals surface area (Å²) in [6.07, 6.45) is 1.69. The maximum absolute atomic E-state index is 12.6. The number of rotatable bonds is 9. The van der Waals surface area contributed by atoms with E-state index in [-0.39, 0.29) is 17.7 Å². The molecule has 6 nitrogen and oxygen atoms in total. The number of nitrogens with zero attached hydrogens (tertiary/aromatic N) is 1. The summed E-state index contributed by atoms with van der Waals surface area (Å²) < 4.78 is 18.6. The highest BCUT2D eigenvalue weighted by Gasteiger charge is 2.34. The number of ether oxygens (including phenoxy) is 3. The van der Waals surface area contributed by atoms with E-state index in [9.17, 15) is 9.59 Å². The van der Waals surface area contributed by atoms with Crippen molar-refractivity contribution in [3.63, 3.8) is 0 Å². The molecule has 0 aliphatic carbocycles. The van der Waals surface area contributed by atoms with Gasteiger partial charge in [0.1, 0.15) is 6.61 Å². The van der Waals surface area contributed by atoms with Crippen LogP contribution in [0.25, 0.3) is 6.08 Å². The number of imide groups is 1. The van der Waals surface area contributed by atoms with Crippen LogP contribution in [0.3, 0.4) is 0 Å². The van der Waals surface area contributed by atoms with Gasteiger partial charge < -0.3 is 14.2 Å². The lowest BCUT2D eigenvalue weighted by Gasteiger charge is -2.15. The molecule has 0 bridgehead atoms. The third-order valence-electron chi connectivity index (χ3n) is 4.32. The van der Waals surface area contributed by atoms with E-state index in [1.54, 1.807) is 12.1 Å². The number of thioether (sulfide) groups is 1. The predicted molar refractivity (Wildman–Crippen MR) is 133 cm³/mol. The van der Waals surface area contributed by atoms with Gasteiger partial charge in [0.15, 0.2) is 11.5 Å². The molecule has 2 aromatic carbocycles. The average molecular weight is 618 g/mol. The minimum atomic E-state index is -0.319. The number of carbonyl (C=O) groups is 2. The molecule has 0 unspecified atom stereocenters. The third kappa shape index (κ3) is 6.24. The molecule has 1 saturated heterocycles. The first-order valence-corrected chi connectivity index (χ1v) is 12.2. The summed E-state index contributed by atoms with van der Waals surface area (Å²) in [5, 5.41) is -0.296. The van der Waals surface area contributed by atoms with Gasteiger partial charge in [-0.1, -0.05) is 12.1 Å². The summed E-state index contributed by atoms with van der Waals surface area (Å²) in [5.74, 6) is 0.832. The lowest BCUT2D eigenvalue weighted by Crippen LogP contribution is -2.31. The van der Waals surface area contributed by atoms with Crippen molar-refractivity contribution in [3.8, 4) is 11.5 Å². The molecule has 164 valence electrons. The number of methoxy groups -OCH3 is 1. The fourth-order valence-electron chi connectivity index (χ4n) is 2.84. The van der Waals surface area contributed by atoms with E-state index in [1.165, 1.54) is 12.0 Å². The maximum atomic E-state index is 12.6. The fraction of sp³-hybridized carbons (Fsp3) is 0.273. The van der Waals surface area contributed by atoms with Crippen LogP contribution in [0.5, 0.6) is 11.5 Å². The van der Waals surface area contributed by atoms with Gasteiger partial charge in [-0.05, 0) is 98.7 Å². The Morgan fingerprint density at radius 1 is 1.16 bits per heavy atom. The normalized spacial score (nSPS) is 15.1. The van der Waals surface area contributed by atoms with E-state index < -0.39 is 0 Å². The molecule has 9 heteroatoms. The van der Waals surface area contributed by atoms with Gasteiger partial charge in [0.25, 0.3) is 11.1 Å². The molecular weight excluding hydrogens is 597 g/mol. The maximum Gasteiger partial charge on any atom is 0.293 e. The molecule has 1 aliphatic heterocycles. The second kappa shape index (κ2) is 11.3. The Morgan fingerprint density at radius 2 is 1.90 bits per heavy atom. The van der Waals surface area contributed by atoms with Crippen LogP contribution < -0.4 is 9.47 Å². The summed E-state index contributed by atoms with van der Waals surface area (Å²) >= 11 is 6.74. The standard InChI is InChI=1S/C22H21BrINO5S/c1-3-29-18-11-15(12-19-21(26)25(8-9-28-2)22(27)31-19)10-17(23)20(18)30-13-14-4-6-16(24)7-5-14/h4-7,10-12H,3,8-9,13H2,1-2H3/b19-12+. The van der Waals surface area contributed by atoms with Crippen molar-refractivity contribution in [2.24, 2.45) is 0 Å². The number of hydrogen-bond donors (Lipinski definition) is 0. The molecule has 1 fully saturated rings. The van der Waals surface area contributed by atoms with Gasteiger partial charge in [0.05, 0.1) is 29.1 Å². The van der Waals surface area contributed by atoms with Gasteiger partial charge in [-0.2, -0.15) is 0 Å². The number of carbonyl (C=O) groups excluding carboxylic acids is 2. The van der Waals surface area contributed by atoms with Gasteiger partial charge in [-0.25, -0.2) is 0 Å². The topological polar surface area (TPSA) is 65.1 Å². The Kier molecular flexibility index (Phi) is 8.82. The summed E-state index contributed by atoms with van der Waals surface area (Å²) in [4.78, 5) is 26.3. The Labute approximate surface area is 207 Å². The molecule has 0 saturated carbocycles. The lowest BCUT2D eigenvalue weighted by molar-refractivity contribution is -0.123. The smallest absolute Gasteiger partial charge is 0.293 e. The molecule has 2 amide bonds. The Bertz CT molecular complexity index is 996. The van der Waals surface area contributed by atoms with E-state index in [0.29, 0.717) is 40.7 Å². The fourth-order valence-corrected chi connectivity index (χ4v) is 4.64. The van der Waals surface area contributed by atoms with E-state index >= 15 is 0 Å². The van der Waals surface area contributed by atoms with E-state index in [4.69, 9.17) is 14.2 Å². The molecule has 3 rings (SSSR count). The second-order valence-corrected chi connectivity index (χ2v) is 9.60. The van der Waals surface area contributed by atoms with Crippen LogP contribution in [0, 0.1) is 3.57 Å². The molecule has 0 spiro atoms. The SMILES string of the molecule is CCOc1cc(/C=C2/SC(=O)N(CCOC)C2=O)cc(Br)c1OCc1ccc(I)cc1. The van der Waals surface area contributed by atoms with Gasteiger partial charge in [-0.3, -0.25) is 14.5 Å². The van der Waals surface area contributed by atoms with Gasteiger partial charge >= 0.3 is 0 Å². The minimum Gasteiger partial charge on any atom is -0.490 e. The van der Waals surface area contributed by atoms with E-state index in [1.807, 2.05) is 37.3 Å². The van der Waals surface area contributed by atoms with Crippen molar-refractivity contribution in [1.29, 1.82) is 0 Å². The van der Waals surface area contributed by atoms with Crippen molar-refractivity contribution < 1.29 is 23.8 Å². The average Bonchev–Trinajstić information content (AvgIpc) is 3.00. The zero-order valence-electron chi connectivity index (χ0n) is 17.0. The summed E-state index contributed by atoms with van der Waals surface area (Å²) in [5.41, 5.74) is 1.78. The van der Waals surface area contributed by atoms with E-state index in [0.717, 1.165) is 26.5 Å². The summed E-state index contributed by atoms with van der Waals surface area (Å²) in [7, 11) is 1.53. The zero-order valence-corrected chi connectivity index (χ0v) is 21.6. The Balaban J connectivity index is 1.82. The number of halogens is 2. The van der Waals surface area contributed by atoms with Crippen LogP contribution in [0.2, 0.25) is 0 Å². The zero-order chi connectivity index (χ0) is 22.4. The van der Waals surface area contributed by atoms with Crippen LogP contribution in [-0.4, -0.2) is 42.9 Å². The number of benzene rings is 2. The molecule has 1 heterocycles. The van der Waals surface area contributed by atoms with Crippen LogP contribution in [0.15, 0.2) is 45.8 Å². The van der Waals surface area contributed by atoms with Crippen molar-refractivity contribution in [3.05, 3.63) is 60.5 Å². The number of hydrogen-bond acceptors (Lipinski definition) is 6. The molecular formula is C22H21BrINO5S. The quantitative estimate of drug-likeness (QED) is 0.265. The van der Waals surface area contributed by atoms with Crippen molar-refractivity contribution in [2.75, 3.05) is 26.9 Å². The molecule has 1 aliphatic rings. The molecule has 31 heavy (non-hydrogen) atoms. The largest absolute Gasteiger partial charge is 0.490 e. The van der Waals surface area contributed by atoms with Gasteiger partial charge in [0, 0.05) is 10.7 Å².